The SMILES string of the molecule is O=C(CCc1ncc(-c2ccccc2F)o1)NCC1CN(Cc2ccccc2)CCO1. The molecule has 1 saturated heterocycles. The molecule has 0 bridgehead atoms. The maximum absolute atomic E-state index is 13.9. The van der Waals surface area contributed by atoms with E-state index in [1.165, 1.54) is 17.8 Å². The van der Waals surface area contributed by atoms with Crippen LogP contribution in [0.4, 0.5) is 4.39 Å². The second-order valence-corrected chi connectivity index (χ2v) is 7.62. The van der Waals surface area contributed by atoms with Crippen molar-refractivity contribution in [2.45, 2.75) is 25.5 Å². The number of amides is 1. The molecule has 0 saturated carbocycles. The average molecular weight is 423 g/mol. The molecule has 2 heterocycles. The number of hydrogen-bond acceptors (Lipinski definition) is 5. The van der Waals surface area contributed by atoms with Crippen LogP contribution < -0.4 is 5.32 Å². The third kappa shape index (κ3) is 5.99. The monoisotopic (exact) mass is 423 g/mol. The molecule has 1 amide bonds. The van der Waals surface area contributed by atoms with Gasteiger partial charge in [0.25, 0.3) is 0 Å². The van der Waals surface area contributed by atoms with Crippen LogP contribution >= 0.6 is 0 Å². The molecule has 7 heteroatoms. The molecule has 1 aliphatic heterocycles. The number of ether oxygens (including phenoxy) is 1. The van der Waals surface area contributed by atoms with Crippen LogP contribution in [0.5, 0.6) is 0 Å². The third-order valence-corrected chi connectivity index (χ3v) is 5.26. The Balaban J connectivity index is 1.20. The van der Waals surface area contributed by atoms with Crippen molar-refractivity contribution in [1.82, 2.24) is 15.2 Å². The van der Waals surface area contributed by atoms with Crippen molar-refractivity contribution in [3.63, 3.8) is 0 Å². The highest BCUT2D eigenvalue weighted by atomic mass is 19.1. The fourth-order valence-electron chi connectivity index (χ4n) is 3.64. The van der Waals surface area contributed by atoms with Gasteiger partial charge < -0.3 is 14.5 Å². The minimum atomic E-state index is -0.364. The predicted octanol–water partition coefficient (Wildman–Crippen LogP) is 3.43. The molecule has 2 aromatic carbocycles. The largest absolute Gasteiger partial charge is 0.441 e. The topological polar surface area (TPSA) is 67.6 Å². The number of morpholine rings is 1. The number of carbonyl (C=O) groups is 1. The zero-order valence-electron chi connectivity index (χ0n) is 17.3. The summed E-state index contributed by atoms with van der Waals surface area (Å²) in [6, 6.07) is 16.7. The van der Waals surface area contributed by atoms with Crippen LogP contribution in [0.25, 0.3) is 11.3 Å². The molecular weight excluding hydrogens is 397 g/mol. The highest BCUT2D eigenvalue weighted by Gasteiger charge is 2.21. The highest BCUT2D eigenvalue weighted by molar-refractivity contribution is 5.76. The summed E-state index contributed by atoms with van der Waals surface area (Å²) in [5.74, 6) is 0.324. The summed E-state index contributed by atoms with van der Waals surface area (Å²) < 4.78 is 25.3. The van der Waals surface area contributed by atoms with Gasteiger partial charge in [-0.1, -0.05) is 42.5 Å². The summed E-state index contributed by atoms with van der Waals surface area (Å²) in [5, 5.41) is 2.93. The van der Waals surface area contributed by atoms with Crippen LogP contribution in [-0.4, -0.2) is 48.1 Å². The minimum Gasteiger partial charge on any atom is -0.441 e. The lowest BCUT2D eigenvalue weighted by Gasteiger charge is -2.33. The van der Waals surface area contributed by atoms with Gasteiger partial charge >= 0.3 is 0 Å². The van der Waals surface area contributed by atoms with Gasteiger partial charge in [-0.05, 0) is 17.7 Å². The number of benzene rings is 2. The Hall–Kier alpha value is -3.03. The normalized spacial score (nSPS) is 16.9. The molecule has 1 atom stereocenters. The molecule has 0 radical (unpaired) electrons. The zero-order chi connectivity index (χ0) is 21.5. The summed E-state index contributed by atoms with van der Waals surface area (Å²) in [6.45, 7) is 3.66. The first-order chi connectivity index (χ1) is 15.2. The van der Waals surface area contributed by atoms with Gasteiger partial charge in [-0.2, -0.15) is 0 Å². The first-order valence-corrected chi connectivity index (χ1v) is 10.5. The number of carbonyl (C=O) groups excluding carboxylic acids is 1. The molecule has 3 aromatic rings. The van der Waals surface area contributed by atoms with E-state index in [2.05, 4.69) is 27.3 Å². The average Bonchev–Trinajstić information content (AvgIpc) is 3.26. The lowest BCUT2D eigenvalue weighted by Crippen LogP contribution is -2.47. The van der Waals surface area contributed by atoms with Crippen molar-refractivity contribution < 1.29 is 18.3 Å². The molecule has 1 N–H and O–H groups in total. The van der Waals surface area contributed by atoms with Gasteiger partial charge in [-0.15, -0.1) is 0 Å². The molecule has 162 valence electrons. The molecule has 4 rings (SSSR count). The molecule has 6 nitrogen and oxygen atoms in total. The van der Waals surface area contributed by atoms with Crippen molar-refractivity contribution in [1.29, 1.82) is 0 Å². The number of nitrogens with zero attached hydrogens (tertiary/aromatic N) is 2. The Morgan fingerprint density at radius 3 is 2.81 bits per heavy atom. The Bertz CT molecular complexity index is 992. The summed E-state index contributed by atoms with van der Waals surface area (Å²) in [4.78, 5) is 18.8. The number of aryl methyl sites for hydroxylation is 1. The summed E-state index contributed by atoms with van der Waals surface area (Å²) in [5.41, 5.74) is 1.63. The number of rotatable bonds is 8. The van der Waals surface area contributed by atoms with Gasteiger partial charge in [0.05, 0.1) is 24.5 Å². The second-order valence-electron chi connectivity index (χ2n) is 7.62. The quantitative estimate of drug-likeness (QED) is 0.601. The summed E-state index contributed by atoms with van der Waals surface area (Å²) >= 11 is 0. The predicted molar refractivity (Wildman–Crippen MR) is 115 cm³/mol. The second kappa shape index (κ2) is 10.3. The molecule has 0 aliphatic carbocycles. The molecule has 31 heavy (non-hydrogen) atoms. The molecule has 1 aromatic heterocycles. The zero-order valence-corrected chi connectivity index (χ0v) is 17.3. The van der Waals surface area contributed by atoms with Crippen LogP contribution in [0.3, 0.4) is 0 Å². The molecular formula is C24H26FN3O3. The van der Waals surface area contributed by atoms with E-state index in [1.54, 1.807) is 18.2 Å². The maximum Gasteiger partial charge on any atom is 0.220 e. The van der Waals surface area contributed by atoms with Crippen LogP contribution in [0.15, 0.2) is 65.2 Å². The third-order valence-electron chi connectivity index (χ3n) is 5.26. The summed E-state index contributed by atoms with van der Waals surface area (Å²) in [7, 11) is 0. The molecule has 1 fully saturated rings. The lowest BCUT2D eigenvalue weighted by atomic mass is 10.2. The van der Waals surface area contributed by atoms with Crippen molar-refractivity contribution in [2.24, 2.45) is 0 Å². The Kier molecular flexibility index (Phi) is 7.07. The van der Waals surface area contributed by atoms with Crippen molar-refractivity contribution in [3.8, 4) is 11.3 Å². The highest BCUT2D eigenvalue weighted by Crippen LogP contribution is 2.23. The van der Waals surface area contributed by atoms with Gasteiger partial charge in [-0.25, -0.2) is 9.37 Å². The van der Waals surface area contributed by atoms with E-state index in [9.17, 15) is 9.18 Å². The van der Waals surface area contributed by atoms with E-state index in [0.29, 0.717) is 36.8 Å². The van der Waals surface area contributed by atoms with Gasteiger partial charge in [0.2, 0.25) is 5.91 Å². The number of oxazole rings is 1. The molecule has 0 spiro atoms. The minimum absolute atomic E-state index is 0.0317. The van der Waals surface area contributed by atoms with E-state index < -0.39 is 0 Å². The Morgan fingerprint density at radius 1 is 1.16 bits per heavy atom. The standard InChI is InChI=1S/C24H26FN3O3/c25-21-9-5-4-8-20(21)22-15-27-24(31-22)11-10-23(29)26-14-19-17-28(12-13-30-19)16-18-6-2-1-3-7-18/h1-9,15,19H,10-14,16-17H2,(H,26,29). The van der Waals surface area contributed by atoms with Gasteiger partial charge in [-0.3, -0.25) is 9.69 Å². The number of aromatic nitrogens is 1. The fraction of sp³-hybridized carbons (Fsp3) is 0.333. The number of hydrogen-bond donors (Lipinski definition) is 1. The smallest absolute Gasteiger partial charge is 0.220 e. The van der Waals surface area contributed by atoms with Crippen molar-refractivity contribution in [3.05, 3.63) is 78.1 Å². The fourth-order valence-corrected chi connectivity index (χ4v) is 3.64. The first kappa shape index (κ1) is 21.2. The Labute approximate surface area is 181 Å². The van der Waals surface area contributed by atoms with Crippen molar-refractivity contribution in [2.75, 3.05) is 26.2 Å². The van der Waals surface area contributed by atoms with E-state index >= 15 is 0 Å². The van der Waals surface area contributed by atoms with Crippen LogP contribution in [0.2, 0.25) is 0 Å². The van der Waals surface area contributed by atoms with E-state index in [-0.39, 0.29) is 24.2 Å². The molecule has 1 aliphatic rings. The van der Waals surface area contributed by atoms with Crippen molar-refractivity contribution >= 4 is 5.91 Å². The van der Waals surface area contributed by atoms with Crippen LogP contribution in [-0.2, 0) is 22.5 Å². The number of halogens is 1. The first-order valence-electron chi connectivity index (χ1n) is 10.5. The van der Waals surface area contributed by atoms with Gasteiger partial charge in [0.1, 0.15) is 5.82 Å². The maximum atomic E-state index is 13.9. The number of nitrogens with one attached hydrogen (secondary N) is 1. The van der Waals surface area contributed by atoms with Crippen LogP contribution in [0.1, 0.15) is 17.9 Å². The van der Waals surface area contributed by atoms with E-state index in [4.69, 9.17) is 9.15 Å². The van der Waals surface area contributed by atoms with E-state index in [0.717, 1.165) is 19.6 Å². The Morgan fingerprint density at radius 2 is 1.97 bits per heavy atom. The van der Waals surface area contributed by atoms with E-state index in [1.807, 2.05) is 18.2 Å². The van der Waals surface area contributed by atoms with Gasteiger partial charge in [0.15, 0.2) is 11.7 Å². The lowest BCUT2D eigenvalue weighted by molar-refractivity contribution is -0.122. The van der Waals surface area contributed by atoms with Gasteiger partial charge in [0, 0.05) is 39.0 Å². The van der Waals surface area contributed by atoms with Crippen LogP contribution in [0, 0.1) is 5.82 Å². The molecule has 1 unspecified atom stereocenters. The summed E-state index contributed by atoms with van der Waals surface area (Å²) in [6.07, 6.45) is 2.06.